The van der Waals surface area contributed by atoms with Crippen LogP contribution in [0.25, 0.3) is 11.3 Å². The fourth-order valence-corrected chi connectivity index (χ4v) is 5.80. The topological polar surface area (TPSA) is 92.2 Å². The second-order valence-corrected chi connectivity index (χ2v) is 12.8. The molecular weight excluding hydrogens is 530 g/mol. The Hall–Kier alpha value is -4.07. The number of para-hydroxylation sites is 1. The van der Waals surface area contributed by atoms with E-state index in [2.05, 4.69) is 19.1 Å². The molecule has 5 rings (SSSR count). The number of amides is 1. The molecule has 0 aliphatic carbocycles. The third-order valence-corrected chi connectivity index (χ3v) is 8.36. The lowest BCUT2D eigenvalue weighted by molar-refractivity contribution is -0.146. The molecule has 2 aliphatic heterocycles. The maximum atomic E-state index is 12.6. The van der Waals surface area contributed by atoms with Crippen molar-refractivity contribution in [2.24, 2.45) is 5.41 Å². The maximum absolute atomic E-state index is 12.6. The Labute approximate surface area is 248 Å². The number of carbonyl (C=O) groups excluding carboxylic acids is 1. The lowest BCUT2D eigenvalue weighted by Crippen LogP contribution is -2.40. The Kier molecular flexibility index (Phi) is 7.92. The van der Waals surface area contributed by atoms with Gasteiger partial charge in [0.15, 0.2) is 0 Å². The summed E-state index contributed by atoms with van der Waals surface area (Å²) in [5, 5.41) is 9.66. The molecule has 1 amide bonds. The van der Waals surface area contributed by atoms with Gasteiger partial charge in [-0.2, -0.15) is 0 Å². The maximum Gasteiger partial charge on any atom is 0.410 e. The van der Waals surface area contributed by atoms with Gasteiger partial charge in [-0.15, -0.1) is 0 Å². The van der Waals surface area contributed by atoms with Crippen molar-refractivity contribution >= 4 is 17.9 Å². The van der Waals surface area contributed by atoms with Gasteiger partial charge in [-0.05, 0) is 100 Å². The second kappa shape index (κ2) is 11.3. The monoisotopic (exact) mass is 571 g/mol. The highest BCUT2D eigenvalue weighted by atomic mass is 16.6. The van der Waals surface area contributed by atoms with E-state index in [1.54, 1.807) is 11.8 Å². The number of anilines is 1. The van der Waals surface area contributed by atoms with Gasteiger partial charge in [-0.1, -0.05) is 30.3 Å². The van der Waals surface area contributed by atoms with Gasteiger partial charge in [0.2, 0.25) is 0 Å². The SMILES string of the molecule is Cc1cccc(-c2cccc(N3CC[C@@](C)(C(=O)O)C3)n2)c1OCc1ccc2c(c1C)CCN(C(=O)OC(C)(C)C)C2. The third-order valence-electron chi connectivity index (χ3n) is 8.36. The molecule has 8 nitrogen and oxygen atoms in total. The Bertz CT molecular complexity index is 1510. The summed E-state index contributed by atoms with van der Waals surface area (Å²) in [5.74, 6) is 0.788. The average Bonchev–Trinajstić information content (AvgIpc) is 3.36. The fraction of sp³-hybridized carbons (Fsp3) is 0.441. The van der Waals surface area contributed by atoms with Crippen molar-refractivity contribution in [2.45, 2.75) is 73.1 Å². The molecule has 3 aromatic rings. The van der Waals surface area contributed by atoms with E-state index in [0.717, 1.165) is 45.9 Å². The highest BCUT2D eigenvalue weighted by Crippen LogP contribution is 2.37. The number of aromatic nitrogens is 1. The first-order chi connectivity index (χ1) is 19.8. The number of nitrogens with zero attached hydrogens (tertiary/aromatic N) is 3. The molecule has 1 aromatic heterocycles. The summed E-state index contributed by atoms with van der Waals surface area (Å²) in [4.78, 5) is 33.1. The first-order valence-electron chi connectivity index (χ1n) is 14.6. The zero-order chi connectivity index (χ0) is 30.2. The molecule has 3 heterocycles. The molecule has 42 heavy (non-hydrogen) atoms. The number of carbonyl (C=O) groups is 2. The summed E-state index contributed by atoms with van der Waals surface area (Å²) in [6.07, 6.45) is 1.09. The Morgan fingerprint density at radius 3 is 2.52 bits per heavy atom. The molecule has 8 heteroatoms. The van der Waals surface area contributed by atoms with Gasteiger partial charge in [0.25, 0.3) is 0 Å². The number of carboxylic acid groups (broad SMARTS) is 1. The predicted molar refractivity (Wildman–Crippen MR) is 163 cm³/mol. The van der Waals surface area contributed by atoms with Crippen LogP contribution in [0.3, 0.4) is 0 Å². The van der Waals surface area contributed by atoms with Gasteiger partial charge in [0.05, 0.1) is 11.1 Å². The largest absolute Gasteiger partial charge is 0.488 e. The van der Waals surface area contributed by atoms with E-state index in [-0.39, 0.29) is 6.09 Å². The van der Waals surface area contributed by atoms with Crippen LogP contribution in [0.5, 0.6) is 5.75 Å². The summed E-state index contributed by atoms with van der Waals surface area (Å²) in [6, 6.07) is 16.1. The summed E-state index contributed by atoms with van der Waals surface area (Å²) in [7, 11) is 0. The van der Waals surface area contributed by atoms with Crippen molar-refractivity contribution in [1.82, 2.24) is 9.88 Å². The number of ether oxygens (including phenoxy) is 2. The predicted octanol–water partition coefficient (Wildman–Crippen LogP) is 6.54. The summed E-state index contributed by atoms with van der Waals surface area (Å²) in [6.45, 7) is 14.3. The lowest BCUT2D eigenvalue weighted by atomic mass is 9.90. The number of rotatable bonds is 6. The molecule has 1 atom stereocenters. The molecule has 0 spiro atoms. The summed E-state index contributed by atoms with van der Waals surface area (Å²) in [5.41, 5.74) is 6.15. The van der Waals surface area contributed by atoms with Gasteiger partial charge >= 0.3 is 12.1 Å². The van der Waals surface area contributed by atoms with Crippen LogP contribution in [0.1, 0.15) is 61.9 Å². The van der Waals surface area contributed by atoms with Gasteiger partial charge < -0.3 is 24.4 Å². The van der Waals surface area contributed by atoms with Crippen LogP contribution in [0, 0.1) is 19.3 Å². The van der Waals surface area contributed by atoms with Crippen molar-refractivity contribution in [2.75, 3.05) is 24.5 Å². The number of aliphatic carboxylic acids is 1. The fourth-order valence-electron chi connectivity index (χ4n) is 5.80. The van der Waals surface area contributed by atoms with Crippen molar-refractivity contribution in [3.8, 4) is 17.0 Å². The van der Waals surface area contributed by atoms with E-state index in [1.807, 2.05) is 69.0 Å². The van der Waals surface area contributed by atoms with E-state index in [4.69, 9.17) is 14.5 Å². The minimum atomic E-state index is -0.770. The number of hydrogen-bond acceptors (Lipinski definition) is 6. The second-order valence-electron chi connectivity index (χ2n) is 12.8. The van der Waals surface area contributed by atoms with Crippen LogP contribution in [0.4, 0.5) is 10.6 Å². The minimum Gasteiger partial charge on any atom is -0.488 e. The molecule has 2 aromatic carbocycles. The lowest BCUT2D eigenvalue weighted by Gasteiger charge is -2.32. The van der Waals surface area contributed by atoms with Gasteiger partial charge in [0, 0.05) is 31.7 Å². The highest BCUT2D eigenvalue weighted by molar-refractivity contribution is 5.76. The zero-order valence-corrected chi connectivity index (χ0v) is 25.5. The molecule has 2 aliphatic rings. The Morgan fingerprint density at radius 2 is 1.81 bits per heavy atom. The number of aryl methyl sites for hydroxylation is 1. The van der Waals surface area contributed by atoms with Crippen LogP contribution in [0.15, 0.2) is 48.5 Å². The molecule has 1 fully saturated rings. The summed E-state index contributed by atoms with van der Waals surface area (Å²) < 4.78 is 12.1. The first-order valence-corrected chi connectivity index (χ1v) is 14.6. The molecular formula is C34H41N3O5. The number of benzene rings is 2. The van der Waals surface area contributed by atoms with Crippen LogP contribution in [0.2, 0.25) is 0 Å². The number of hydrogen-bond donors (Lipinski definition) is 1. The third kappa shape index (κ3) is 6.08. The Balaban J connectivity index is 1.33. The van der Waals surface area contributed by atoms with E-state index in [1.165, 1.54) is 11.1 Å². The first kappa shape index (κ1) is 29.4. The van der Waals surface area contributed by atoms with Crippen molar-refractivity contribution < 1.29 is 24.2 Å². The van der Waals surface area contributed by atoms with Crippen molar-refractivity contribution in [3.05, 3.63) is 76.3 Å². The van der Waals surface area contributed by atoms with Crippen LogP contribution in [-0.4, -0.2) is 52.3 Å². The number of carboxylic acids is 1. The molecule has 222 valence electrons. The van der Waals surface area contributed by atoms with Crippen LogP contribution >= 0.6 is 0 Å². The van der Waals surface area contributed by atoms with Gasteiger partial charge in [-0.25, -0.2) is 9.78 Å². The number of fused-ring (bicyclic) bond motifs is 1. The quantitative estimate of drug-likeness (QED) is 0.359. The van der Waals surface area contributed by atoms with Gasteiger partial charge in [-0.3, -0.25) is 4.79 Å². The molecule has 1 N–H and O–H groups in total. The van der Waals surface area contributed by atoms with E-state index in [9.17, 15) is 14.7 Å². The Morgan fingerprint density at radius 1 is 1.05 bits per heavy atom. The summed E-state index contributed by atoms with van der Waals surface area (Å²) >= 11 is 0. The standard InChI is InChI=1S/C34H41N3O5/c1-22-9-7-10-27(28-11-8-12-29(35-28)37-18-16-34(6,21-37)31(38)39)30(22)41-20-25-14-13-24-19-36(17-15-26(24)23(25)2)32(40)42-33(3,4)5/h7-14H,15-21H2,1-6H3,(H,38,39)/t34-/m1/s1. The minimum absolute atomic E-state index is 0.274. The van der Waals surface area contributed by atoms with Gasteiger partial charge in [0.1, 0.15) is 23.8 Å². The average molecular weight is 572 g/mol. The molecule has 0 saturated carbocycles. The smallest absolute Gasteiger partial charge is 0.410 e. The van der Waals surface area contributed by atoms with E-state index >= 15 is 0 Å². The van der Waals surface area contributed by atoms with Crippen LogP contribution < -0.4 is 9.64 Å². The van der Waals surface area contributed by atoms with Crippen LogP contribution in [-0.2, 0) is 29.1 Å². The normalized spacial score (nSPS) is 18.5. The van der Waals surface area contributed by atoms with Crippen molar-refractivity contribution in [3.63, 3.8) is 0 Å². The molecule has 0 radical (unpaired) electrons. The zero-order valence-electron chi connectivity index (χ0n) is 25.5. The number of pyridine rings is 1. The molecule has 1 saturated heterocycles. The molecule has 0 bridgehead atoms. The van der Waals surface area contributed by atoms with E-state index in [0.29, 0.717) is 39.2 Å². The van der Waals surface area contributed by atoms with Crippen molar-refractivity contribution in [1.29, 1.82) is 0 Å². The highest BCUT2D eigenvalue weighted by Gasteiger charge is 2.41. The molecule has 0 unspecified atom stereocenters. The van der Waals surface area contributed by atoms with E-state index < -0.39 is 17.0 Å².